The molecule has 9 nitrogen and oxygen atoms in total. The SMILES string of the molecule is CC(=O)Nc1cccc(Nc2ccc(C(=O)NC3CCS(=O)(=O)C3)nn2)c1. The van der Waals surface area contributed by atoms with Crippen molar-refractivity contribution in [2.45, 2.75) is 19.4 Å². The first-order chi connectivity index (χ1) is 12.8. The minimum absolute atomic E-state index is 0.0452. The monoisotopic (exact) mass is 389 g/mol. The molecule has 1 fully saturated rings. The highest BCUT2D eigenvalue weighted by atomic mass is 32.2. The number of benzene rings is 1. The van der Waals surface area contributed by atoms with Gasteiger partial charge in [-0.15, -0.1) is 10.2 Å². The van der Waals surface area contributed by atoms with Crippen molar-refractivity contribution < 1.29 is 18.0 Å². The number of hydrogen-bond acceptors (Lipinski definition) is 7. The van der Waals surface area contributed by atoms with E-state index in [1.807, 2.05) is 0 Å². The van der Waals surface area contributed by atoms with Crippen LogP contribution in [0.4, 0.5) is 17.2 Å². The summed E-state index contributed by atoms with van der Waals surface area (Å²) in [5.74, 6) is -0.156. The van der Waals surface area contributed by atoms with E-state index >= 15 is 0 Å². The van der Waals surface area contributed by atoms with Crippen LogP contribution in [0.15, 0.2) is 36.4 Å². The Morgan fingerprint density at radius 3 is 2.52 bits per heavy atom. The molecule has 27 heavy (non-hydrogen) atoms. The second-order valence-corrected chi connectivity index (χ2v) is 8.49. The van der Waals surface area contributed by atoms with Crippen LogP contribution in [-0.2, 0) is 14.6 Å². The van der Waals surface area contributed by atoms with Crippen molar-refractivity contribution in [3.05, 3.63) is 42.1 Å². The van der Waals surface area contributed by atoms with Gasteiger partial charge >= 0.3 is 0 Å². The quantitative estimate of drug-likeness (QED) is 0.698. The number of nitrogens with zero attached hydrogens (tertiary/aromatic N) is 2. The second kappa shape index (κ2) is 7.70. The molecule has 1 aliphatic heterocycles. The summed E-state index contributed by atoms with van der Waals surface area (Å²) in [6.07, 6.45) is 0.409. The van der Waals surface area contributed by atoms with Gasteiger partial charge in [-0.05, 0) is 36.8 Å². The van der Waals surface area contributed by atoms with Crippen LogP contribution in [-0.4, -0.2) is 48.0 Å². The molecule has 3 rings (SSSR count). The van der Waals surface area contributed by atoms with Crippen LogP contribution < -0.4 is 16.0 Å². The molecule has 2 aromatic rings. The van der Waals surface area contributed by atoms with E-state index in [9.17, 15) is 18.0 Å². The Balaban J connectivity index is 1.62. The molecule has 3 N–H and O–H groups in total. The van der Waals surface area contributed by atoms with Crippen LogP contribution in [0.3, 0.4) is 0 Å². The van der Waals surface area contributed by atoms with E-state index in [0.29, 0.717) is 23.6 Å². The number of hydrogen-bond donors (Lipinski definition) is 3. The van der Waals surface area contributed by atoms with Crippen LogP contribution in [0.25, 0.3) is 0 Å². The summed E-state index contributed by atoms with van der Waals surface area (Å²) < 4.78 is 22.9. The molecule has 142 valence electrons. The first-order valence-electron chi connectivity index (χ1n) is 8.30. The Morgan fingerprint density at radius 2 is 1.89 bits per heavy atom. The average molecular weight is 389 g/mol. The fourth-order valence-corrected chi connectivity index (χ4v) is 4.39. The molecule has 1 aliphatic rings. The van der Waals surface area contributed by atoms with Gasteiger partial charge in [0.1, 0.15) is 0 Å². The van der Waals surface area contributed by atoms with E-state index in [-0.39, 0.29) is 23.1 Å². The average Bonchev–Trinajstić information content (AvgIpc) is 2.93. The maximum Gasteiger partial charge on any atom is 0.272 e. The number of anilines is 3. The summed E-state index contributed by atoms with van der Waals surface area (Å²) in [7, 11) is -3.06. The zero-order valence-corrected chi connectivity index (χ0v) is 15.4. The summed E-state index contributed by atoms with van der Waals surface area (Å²) >= 11 is 0. The third-order valence-corrected chi connectivity index (χ3v) is 5.69. The minimum Gasteiger partial charge on any atom is -0.347 e. The number of aromatic nitrogens is 2. The molecule has 0 spiro atoms. The summed E-state index contributed by atoms with van der Waals surface area (Å²) in [5.41, 5.74) is 1.45. The molecule has 0 bridgehead atoms. The Hall–Kier alpha value is -3.01. The predicted octanol–water partition coefficient (Wildman–Crippen LogP) is 1.10. The topological polar surface area (TPSA) is 130 Å². The van der Waals surface area contributed by atoms with Crippen LogP contribution in [0.5, 0.6) is 0 Å². The molecule has 1 unspecified atom stereocenters. The minimum atomic E-state index is -3.06. The van der Waals surface area contributed by atoms with E-state index in [0.717, 1.165) is 0 Å². The highest BCUT2D eigenvalue weighted by molar-refractivity contribution is 7.91. The standard InChI is InChI=1S/C17H19N5O4S/c1-11(23)18-12-3-2-4-13(9-12)19-16-6-5-15(21-22-16)17(24)20-14-7-8-27(25,26)10-14/h2-6,9,14H,7-8,10H2,1H3,(H,18,23)(H,19,22)(H,20,24). The van der Waals surface area contributed by atoms with Gasteiger partial charge in [-0.3, -0.25) is 9.59 Å². The van der Waals surface area contributed by atoms with Crippen LogP contribution >= 0.6 is 0 Å². The van der Waals surface area contributed by atoms with Crippen molar-refractivity contribution in [1.29, 1.82) is 0 Å². The molecule has 1 aromatic heterocycles. The third kappa shape index (κ3) is 5.23. The van der Waals surface area contributed by atoms with Gasteiger partial charge in [0, 0.05) is 24.3 Å². The number of carbonyl (C=O) groups excluding carboxylic acids is 2. The largest absolute Gasteiger partial charge is 0.347 e. The van der Waals surface area contributed by atoms with Gasteiger partial charge in [0.05, 0.1) is 11.5 Å². The smallest absolute Gasteiger partial charge is 0.272 e. The fourth-order valence-electron chi connectivity index (χ4n) is 2.71. The van der Waals surface area contributed by atoms with Crippen molar-refractivity contribution in [2.75, 3.05) is 22.1 Å². The van der Waals surface area contributed by atoms with Crippen molar-refractivity contribution in [1.82, 2.24) is 15.5 Å². The number of rotatable bonds is 5. The zero-order valence-electron chi connectivity index (χ0n) is 14.6. The number of carbonyl (C=O) groups is 2. The van der Waals surface area contributed by atoms with Crippen molar-refractivity contribution in [3.63, 3.8) is 0 Å². The van der Waals surface area contributed by atoms with Crippen LogP contribution in [0, 0.1) is 0 Å². The highest BCUT2D eigenvalue weighted by Crippen LogP contribution is 2.19. The lowest BCUT2D eigenvalue weighted by molar-refractivity contribution is -0.114. The lowest BCUT2D eigenvalue weighted by Crippen LogP contribution is -2.36. The highest BCUT2D eigenvalue weighted by Gasteiger charge is 2.29. The second-order valence-electron chi connectivity index (χ2n) is 6.26. The summed E-state index contributed by atoms with van der Waals surface area (Å²) in [4.78, 5) is 23.3. The number of amides is 2. The van der Waals surface area contributed by atoms with E-state index in [1.54, 1.807) is 30.3 Å². The van der Waals surface area contributed by atoms with Crippen molar-refractivity contribution >= 4 is 38.8 Å². The normalized spacial score (nSPS) is 17.9. The summed E-state index contributed by atoms with van der Waals surface area (Å²) in [6.45, 7) is 1.43. The van der Waals surface area contributed by atoms with E-state index < -0.39 is 21.8 Å². The molecule has 0 radical (unpaired) electrons. The maximum absolute atomic E-state index is 12.2. The molecule has 1 atom stereocenters. The van der Waals surface area contributed by atoms with Crippen LogP contribution in [0.1, 0.15) is 23.8 Å². The lowest BCUT2D eigenvalue weighted by atomic mass is 10.2. The van der Waals surface area contributed by atoms with E-state index in [4.69, 9.17) is 0 Å². The Bertz CT molecular complexity index is 960. The molecule has 0 saturated carbocycles. The predicted molar refractivity (Wildman–Crippen MR) is 101 cm³/mol. The number of sulfone groups is 1. The molecule has 10 heteroatoms. The molecular weight excluding hydrogens is 370 g/mol. The molecular formula is C17H19N5O4S. The first kappa shape index (κ1) is 18.8. The number of nitrogens with one attached hydrogen (secondary N) is 3. The Labute approximate surface area is 156 Å². The van der Waals surface area contributed by atoms with E-state index in [2.05, 4.69) is 26.1 Å². The molecule has 2 heterocycles. The third-order valence-electron chi connectivity index (χ3n) is 3.92. The summed E-state index contributed by atoms with van der Waals surface area (Å²) in [6, 6.07) is 9.79. The van der Waals surface area contributed by atoms with Gasteiger partial charge in [0.15, 0.2) is 21.3 Å². The van der Waals surface area contributed by atoms with Gasteiger partial charge in [-0.1, -0.05) is 6.07 Å². The lowest BCUT2D eigenvalue weighted by Gasteiger charge is -2.10. The van der Waals surface area contributed by atoms with Gasteiger partial charge in [0.2, 0.25) is 5.91 Å². The van der Waals surface area contributed by atoms with Gasteiger partial charge < -0.3 is 16.0 Å². The van der Waals surface area contributed by atoms with E-state index in [1.165, 1.54) is 13.0 Å². The van der Waals surface area contributed by atoms with Gasteiger partial charge in [-0.2, -0.15) is 0 Å². The van der Waals surface area contributed by atoms with Gasteiger partial charge in [0.25, 0.3) is 5.91 Å². The molecule has 1 saturated heterocycles. The van der Waals surface area contributed by atoms with Crippen molar-refractivity contribution in [3.8, 4) is 0 Å². The zero-order chi connectivity index (χ0) is 19.4. The maximum atomic E-state index is 12.2. The molecule has 0 aliphatic carbocycles. The first-order valence-corrected chi connectivity index (χ1v) is 10.1. The Morgan fingerprint density at radius 1 is 1.11 bits per heavy atom. The fraction of sp³-hybridized carbons (Fsp3) is 0.294. The molecule has 1 aromatic carbocycles. The summed E-state index contributed by atoms with van der Waals surface area (Å²) in [5, 5.41) is 16.2. The van der Waals surface area contributed by atoms with Gasteiger partial charge in [-0.25, -0.2) is 8.42 Å². The molecule has 2 amide bonds. The van der Waals surface area contributed by atoms with Crippen molar-refractivity contribution in [2.24, 2.45) is 0 Å². The van der Waals surface area contributed by atoms with Crippen LogP contribution in [0.2, 0.25) is 0 Å². The Kier molecular flexibility index (Phi) is 5.36.